The summed E-state index contributed by atoms with van der Waals surface area (Å²) < 4.78 is 11.8. The van der Waals surface area contributed by atoms with Gasteiger partial charge in [0.05, 0.1) is 5.41 Å². The summed E-state index contributed by atoms with van der Waals surface area (Å²) in [5, 5.41) is 7.50. The van der Waals surface area contributed by atoms with Crippen LogP contribution in [0, 0.1) is 29.1 Å². The van der Waals surface area contributed by atoms with E-state index in [9.17, 15) is 9.59 Å². The fourth-order valence-electron chi connectivity index (χ4n) is 7.21. The van der Waals surface area contributed by atoms with Crippen LogP contribution in [0.5, 0.6) is 5.88 Å². The molecule has 5 atom stereocenters. The number of piperidine rings is 1. The first-order valence-electron chi connectivity index (χ1n) is 13.8. The zero-order valence-electron chi connectivity index (χ0n) is 21.8. The number of nitrogens with one attached hydrogen (secondary N) is 1. The first-order valence-corrected chi connectivity index (χ1v) is 14.7. The van der Waals surface area contributed by atoms with E-state index < -0.39 is 5.41 Å². The fourth-order valence-corrected chi connectivity index (χ4v) is 8.15. The smallest absolute Gasteiger partial charge is 0.291 e. The molecule has 1 N–H and O–H groups in total. The van der Waals surface area contributed by atoms with E-state index >= 15 is 0 Å². The average molecular weight is 524 g/mol. The standard InChI is InChI=1S/C29H37N3O4S/c1-29(2,28(34)32-11-7-4-8-12-32)17-35-27-25(37-21-9-5-3-6-10-21)24(36-31-27)26(33)30-23-20-14-18-13-19(16-20)22(23)15-18/h3,5-6,9-10,18-20,22-23H,4,7-8,11-17H2,1-2H3,(H,30,33). The molecule has 5 fully saturated rings. The van der Waals surface area contributed by atoms with Gasteiger partial charge in [-0.15, -0.1) is 0 Å². The molecule has 198 valence electrons. The van der Waals surface area contributed by atoms with Crippen LogP contribution >= 0.6 is 11.8 Å². The molecular formula is C29H37N3O4S. The second kappa shape index (κ2) is 10.0. The van der Waals surface area contributed by atoms with Gasteiger partial charge in [-0.3, -0.25) is 9.59 Å². The molecule has 1 aromatic heterocycles. The number of hydrogen-bond acceptors (Lipinski definition) is 6. The van der Waals surface area contributed by atoms with Crippen LogP contribution in [-0.4, -0.2) is 47.6 Å². The van der Waals surface area contributed by atoms with Crippen molar-refractivity contribution >= 4 is 23.6 Å². The molecule has 4 aliphatic carbocycles. The largest absolute Gasteiger partial charge is 0.474 e. The van der Waals surface area contributed by atoms with E-state index in [1.165, 1.54) is 43.9 Å². The Bertz CT molecular complexity index is 1140. The number of nitrogens with zero attached hydrogens (tertiary/aromatic N) is 2. The molecule has 1 aliphatic heterocycles. The number of aromatic nitrogens is 1. The van der Waals surface area contributed by atoms with Crippen molar-refractivity contribution in [3.8, 4) is 5.88 Å². The van der Waals surface area contributed by atoms with Crippen molar-refractivity contribution in [2.75, 3.05) is 19.7 Å². The summed E-state index contributed by atoms with van der Waals surface area (Å²) >= 11 is 1.41. The van der Waals surface area contributed by atoms with Gasteiger partial charge >= 0.3 is 0 Å². The van der Waals surface area contributed by atoms with Gasteiger partial charge in [0.15, 0.2) is 0 Å². The van der Waals surface area contributed by atoms with Gasteiger partial charge in [0.2, 0.25) is 11.7 Å². The second-order valence-corrected chi connectivity index (χ2v) is 13.2. The van der Waals surface area contributed by atoms with Gasteiger partial charge in [-0.25, -0.2) is 0 Å². The third kappa shape index (κ3) is 4.89. The number of carbonyl (C=O) groups is 2. The fraction of sp³-hybridized carbons (Fsp3) is 0.621. The Morgan fingerprint density at radius 3 is 2.59 bits per heavy atom. The molecule has 4 bridgehead atoms. The number of amides is 2. The van der Waals surface area contributed by atoms with Gasteiger partial charge in [0, 0.05) is 24.0 Å². The van der Waals surface area contributed by atoms with Crippen LogP contribution in [0.2, 0.25) is 0 Å². The number of rotatable bonds is 8. The Morgan fingerprint density at radius 2 is 1.84 bits per heavy atom. The molecular weight excluding hydrogens is 486 g/mol. The molecule has 0 radical (unpaired) electrons. The minimum absolute atomic E-state index is 0.0945. The first-order chi connectivity index (χ1) is 17.9. The SMILES string of the molecule is CC(C)(COc1noc(C(=O)NC2C3CC4CC(C3)C2C4)c1Sc1ccccc1)C(=O)N1CCCCC1. The maximum absolute atomic E-state index is 13.5. The summed E-state index contributed by atoms with van der Waals surface area (Å²) in [4.78, 5) is 30.2. The van der Waals surface area contributed by atoms with Crippen molar-refractivity contribution in [2.24, 2.45) is 29.1 Å². The quantitative estimate of drug-likeness (QED) is 0.498. The molecule has 7 rings (SSSR count). The molecule has 1 aromatic carbocycles. The zero-order valence-corrected chi connectivity index (χ0v) is 22.6. The van der Waals surface area contributed by atoms with E-state index in [0.29, 0.717) is 16.7 Å². The molecule has 2 amide bonds. The number of likely N-dealkylation sites (tertiary alicyclic amines) is 1. The summed E-state index contributed by atoms with van der Waals surface area (Å²) in [5.74, 6) is 3.14. The minimum atomic E-state index is -0.713. The molecule has 0 spiro atoms. The third-order valence-electron chi connectivity index (χ3n) is 8.94. The van der Waals surface area contributed by atoms with Gasteiger partial charge in [-0.2, -0.15) is 0 Å². The van der Waals surface area contributed by atoms with Crippen molar-refractivity contribution < 1.29 is 18.8 Å². The lowest BCUT2D eigenvalue weighted by atomic mass is 9.79. The highest BCUT2D eigenvalue weighted by molar-refractivity contribution is 7.99. The number of carbonyl (C=O) groups excluding carboxylic acids is 2. The molecule has 37 heavy (non-hydrogen) atoms. The molecule has 8 heteroatoms. The molecule has 7 nitrogen and oxygen atoms in total. The lowest BCUT2D eigenvalue weighted by Crippen LogP contribution is -2.46. The topological polar surface area (TPSA) is 84.7 Å². The monoisotopic (exact) mass is 523 g/mol. The van der Waals surface area contributed by atoms with Crippen LogP contribution in [0.3, 0.4) is 0 Å². The Hall–Kier alpha value is -2.48. The third-order valence-corrected chi connectivity index (χ3v) is 10.0. The highest BCUT2D eigenvalue weighted by Gasteiger charge is 2.54. The van der Waals surface area contributed by atoms with Gasteiger partial charge < -0.3 is 19.5 Å². The van der Waals surface area contributed by atoms with E-state index in [0.717, 1.165) is 42.7 Å². The van der Waals surface area contributed by atoms with E-state index in [1.807, 2.05) is 49.1 Å². The molecule has 5 aliphatic rings. The maximum atomic E-state index is 13.5. The molecule has 4 saturated carbocycles. The van der Waals surface area contributed by atoms with E-state index in [2.05, 4.69) is 10.5 Å². The predicted molar refractivity (Wildman–Crippen MR) is 140 cm³/mol. The van der Waals surface area contributed by atoms with E-state index in [-0.39, 0.29) is 36.1 Å². The Morgan fingerprint density at radius 1 is 1.08 bits per heavy atom. The van der Waals surface area contributed by atoms with Crippen LogP contribution in [0.1, 0.15) is 69.3 Å². The average Bonchev–Trinajstić information content (AvgIpc) is 3.52. The van der Waals surface area contributed by atoms with Crippen molar-refractivity contribution in [1.82, 2.24) is 15.4 Å². The van der Waals surface area contributed by atoms with Crippen LogP contribution in [0.4, 0.5) is 0 Å². The van der Waals surface area contributed by atoms with Gasteiger partial charge in [-0.1, -0.05) is 30.0 Å². The van der Waals surface area contributed by atoms with Gasteiger partial charge in [0.1, 0.15) is 11.5 Å². The number of hydrogen-bond donors (Lipinski definition) is 1. The first kappa shape index (κ1) is 24.8. The summed E-state index contributed by atoms with van der Waals surface area (Å²) in [6, 6.07) is 10.1. The highest BCUT2D eigenvalue weighted by atomic mass is 32.2. The van der Waals surface area contributed by atoms with Crippen LogP contribution in [-0.2, 0) is 4.79 Å². The number of benzene rings is 1. The normalized spacial score (nSPS) is 28.5. The minimum Gasteiger partial charge on any atom is -0.474 e. The van der Waals surface area contributed by atoms with Gasteiger partial charge in [-0.05, 0) is 99.8 Å². The van der Waals surface area contributed by atoms with Crippen LogP contribution < -0.4 is 10.1 Å². The van der Waals surface area contributed by atoms with Crippen molar-refractivity contribution in [3.05, 3.63) is 36.1 Å². The number of ether oxygens (including phenoxy) is 1. The predicted octanol–water partition coefficient (Wildman–Crippen LogP) is 5.41. The van der Waals surface area contributed by atoms with Gasteiger partial charge in [0.25, 0.3) is 11.8 Å². The molecule has 5 unspecified atom stereocenters. The van der Waals surface area contributed by atoms with Crippen LogP contribution in [0.25, 0.3) is 0 Å². The zero-order chi connectivity index (χ0) is 25.6. The van der Waals surface area contributed by atoms with Crippen molar-refractivity contribution in [2.45, 2.75) is 74.6 Å². The second-order valence-electron chi connectivity index (χ2n) is 12.1. The summed E-state index contributed by atoms with van der Waals surface area (Å²) in [5.41, 5.74) is -0.713. The van der Waals surface area contributed by atoms with Crippen molar-refractivity contribution in [3.63, 3.8) is 0 Å². The van der Waals surface area contributed by atoms with Crippen molar-refractivity contribution in [1.29, 1.82) is 0 Å². The molecule has 1 saturated heterocycles. The summed E-state index contributed by atoms with van der Waals surface area (Å²) in [6.45, 7) is 5.58. The Labute approximate surface area is 223 Å². The lowest BCUT2D eigenvalue weighted by Gasteiger charge is -2.34. The Kier molecular flexibility index (Phi) is 6.72. The molecule has 2 heterocycles. The summed E-state index contributed by atoms with van der Waals surface area (Å²) in [6.07, 6.45) is 8.31. The maximum Gasteiger partial charge on any atom is 0.291 e. The summed E-state index contributed by atoms with van der Waals surface area (Å²) in [7, 11) is 0. The van der Waals surface area contributed by atoms with E-state index in [4.69, 9.17) is 9.26 Å². The highest BCUT2D eigenvalue weighted by Crippen LogP contribution is 2.58. The van der Waals surface area contributed by atoms with Crippen LogP contribution in [0.15, 0.2) is 44.6 Å². The lowest BCUT2D eigenvalue weighted by molar-refractivity contribution is -0.143. The van der Waals surface area contributed by atoms with E-state index in [1.54, 1.807) is 0 Å². The molecule has 2 aromatic rings. The Balaban J connectivity index is 1.20.